The first kappa shape index (κ1) is 12.7. The van der Waals surface area contributed by atoms with E-state index in [2.05, 4.69) is 26.4 Å². The van der Waals surface area contributed by atoms with Gasteiger partial charge in [-0.3, -0.25) is 0 Å². The third-order valence-electron chi connectivity index (χ3n) is 1.23. The van der Waals surface area contributed by atoms with Crippen molar-refractivity contribution in [3.63, 3.8) is 0 Å². The number of amides is 1. The van der Waals surface area contributed by atoms with Crippen molar-refractivity contribution < 1.29 is 17.9 Å². The van der Waals surface area contributed by atoms with E-state index in [0.29, 0.717) is 11.8 Å². The molecule has 0 aliphatic carbocycles. The van der Waals surface area contributed by atoms with Crippen LogP contribution in [0.2, 0.25) is 0 Å². The molecular formula is C6H12BrNO4S. The topological polar surface area (TPSA) is 86.5 Å². The summed E-state index contributed by atoms with van der Waals surface area (Å²) in [6.07, 6.45) is -0.394. The van der Waals surface area contributed by atoms with Crippen LogP contribution < -0.4 is 5.73 Å². The van der Waals surface area contributed by atoms with E-state index in [4.69, 9.17) is 0 Å². The number of carbonyl (C=O) groups excluding carboxylic acids is 1. The molecule has 0 saturated carbocycles. The van der Waals surface area contributed by atoms with Gasteiger partial charge < -0.3 is 10.5 Å². The first-order valence-corrected chi connectivity index (χ1v) is 6.61. The molecule has 0 atom stereocenters. The lowest BCUT2D eigenvalue weighted by atomic mass is 10.6. The number of carbonyl (C=O) groups is 1. The van der Waals surface area contributed by atoms with Gasteiger partial charge in [-0.1, -0.05) is 15.9 Å². The largest absolute Gasteiger partial charge is 0.449 e. The lowest BCUT2D eigenvalue weighted by molar-refractivity contribution is 0.163. The van der Waals surface area contributed by atoms with Gasteiger partial charge in [0.15, 0.2) is 9.84 Å². The van der Waals surface area contributed by atoms with Crippen LogP contribution in [0.1, 0.15) is 6.42 Å². The van der Waals surface area contributed by atoms with Crippen molar-refractivity contribution in [3.8, 4) is 0 Å². The second-order valence-electron chi connectivity index (χ2n) is 2.36. The molecule has 7 heteroatoms. The molecule has 78 valence electrons. The number of ether oxygens (including phenoxy) is 1. The predicted molar refractivity (Wildman–Crippen MR) is 52.6 cm³/mol. The minimum absolute atomic E-state index is 0.0976. The maximum Gasteiger partial charge on any atom is 0.404 e. The number of alkyl halides is 1. The van der Waals surface area contributed by atoms with E-state index >= 15 is 0 Å². The first-order chi connectivity index (χ1) is 5.98. The van der Waals surface area contributed by atoms with Crippen molar-refractivity contribution in [2.75, 3.05) is 23.4 Å². The second-order valence-corrected chi connectivity index (χ2v) is 5.46. The average molecular weight is 274 g/mol. The Balaban J connectivity index is 3.70. The van der Waals surface area contributed by atoms with Crippen LogP contribution in [0.25, 0.3) is 0 Å². The van der Waals surface area contributed by atoms with Crippen molar-refractivity contribution in [1.29, 1.82) is 0 Å². The van der Waals surface area contributed by atoms with Gasteiger partial charge in [-0.25, -0.2) is 13.2 Å². The quantitative estimate of drug-likeness (QED) is 0.705. The number of hydrogen-bond acceptors (Lipinski definition) is 4. The zero-order chi connectivity index (χ0) is 10.3. The Kier molecular flexibility index (Phi) is 6.06. The Morgan fingerprint density at radius 2 is 2.00 bits per heavy atom. The van der Waals surface area contributed by atoms with E-state index < -0.39 is 15.9 Å². The lowest BCUT2D eigenvalue weighted by Crippen LogP contribution is -2.20. The third kappa shape index (κ3) is 8.04. The molecule has 0 rings (SSSR count). The molecule has 0 radical (unpaired) electrons. The van der Waals surface area contributed by atoms with Crippen molar-refractivity contribution in [2.24, 2.45) is 5.73 Å². The standard InChI is InChI=1S/C6H12BrNO4S/c7-2-1-4-13(10,11)5-3-12-6(8)9/h1-5H2,(H2,8,9). The monoisotopic (exact) mass is 273 g/mol. The Morgan fingerprint density at radius 3 is 2.46 bits per heavy atom. The molecular weight excluding hydrogens is 262 g/mol. The lowest BCUT2D eigenvalue weighted by Gasteiger charge is -2.02. The van der Waals surface area contributed by atoms with E-state index in [1.165, 1.54) is 0 Å². The number of sulfone groups is 1. The fourth-order valence-corrected chi connectivity index (χ4v) is 2.42. The Morgan fingerprint density at radius 1 is 1.38 bits per heavy atom. The maximum atomic E-state index is 11.1. The molecule has 1 amide bonds. The van der Waals surface area contributed by atoms with Crippen LogP contribution in [0.5, 0.6) is 0 Å². The van der Waals surface area contributed by atoms with Gasteiger partial charge in [0, 0.05) is 5.33 Å². The van der Waals surface area contributed by atoms with Crippen molar-refractivity contribution in [3.05, 3.63) is 0 Å². The average Bonchev–Trinajstić information content (AvgIpc) is 2.00. The second kappa shape index (κ2) is 6.20. The van der Waals surface area contributed by atoms with Gasteiger partial charge in [-0.15, -0.1) is 0 Å². The smallest absolute Gasteiger partial charge is 0.404 e. The Labute approximate surface area is 85.7 Å². The van der Waals surface area contributed by atoms with Crippen LogP contribution in [0, 0.1) is 0 Å². The summed E-state index contributed by atoms with van der Waals surface area (Å²) in [6, 6.07) is 0. The predicted octanol–water partition coefficient (Wildman–Crippen LogP) is 0.282. The van der Waals surface area contributed by atoms with E-state index in [-0.39, 0.29) is 18.1 Å². The molecule has 0 aromatic heterocycles. The SMILES string of the molecule is NC(=O)OCCS(=O)(=O)CCCBr. The molecule has 13 heavy (non-hydrogen) atoms. The highest BCUT2D eigenvalue weighted by Gasteiger charge is 2.10. The van der Waals surface area contributed by atoms with Gasteiger partial charge >= 0.3 is 6.09 Å². The molecule has 0 spiro atoms. The minimum Gasteiger partial charge on any atom is -0.449 e. The van der Waals surface area contributed by atoms with Crippen LogP contribution in [-0.4, -0.2) is 38.0 Å². The normalized spacial score (nSPS) is 11.2. The zero-order valence-electron chi connectivity index (χ0n) is 7.03. The molecule has 0 aliphatic rings. The maximum absolute atomic E-state index is 11.1. The number of hydrogen-bond donors (Lipinski definition) is 1. The van der Waals surface area contributed by atoms with Crippen molar-refractivity contribution >= 4 is 31.9 Å². The fraction of sp³-hybridized carbons (Fsp3) is 0.833. The van der Waals surface area contributed by atoms with Gasteiger partial charge in [0.05, 0.1) is 11.5 Å². The first-order valence-electron chi connectivity index (χ1n) is 3.66. The number of nitrogens with two attached hydrogens (primary N) is 1. The molecule has 0 saturated heterocycles. The highest BCUT2D eigenvalue weighted by molar-refractivity contribution is 9.09. The molecule has 0 unspecified atom stereocenters. The summed E-state index contributed by atoms with van der Waals surface area (Å²) in [6.45, 7) is -0.167. The number of halogens is 1. The summed E-state index contributed by atoms with van der Waals surface area (Å²) < 4.78 is 26.5. The van der Waals surface area contributed by atoms with Gasteiger partial charge in [0.1, 0.15) is 6.61 Å². The van der Waals surface area contributed by atoms with Crippen LogP contribution >= 0.6 is 15.9 Å². The van der Waals surface area contributed by atoms with Crippen LogP contribution in [0.3, 0.4) is 0 Å². The van der Waals surface area contributed by atoms with E-state index in [1.54, 1.807) is 0 Å². The van der Waals surface area contributed by atoms with Gasteiger partial charge in [-0.05, 0) is 6.42 Å². The molecule has 0 bridgehead atoms. The zero-order valence-corrected chi connectivity index (χ0v) is 9.43. The number of primary amides is 1. The highest BCUT2D eigenvalue weighted by atomic mass is 79.9. The molecule has 5 nitrogen and oxygen atoms in total. The Hall–Kier alpha value is -0.300. The summed E-state index contributed by atoms with van der Waals surface area (Å²) in [5.74, 6) is -0.0662. The van der Waals surface area contributed by atoms with Gasteiger partial charge in [0.25, 0.3) is 0 Å². The molecule has 0 fully saturated rings. The van der Waals surface area contributed by atoms with Crippen molar-refractivity contribution in [2.45, 2.75) is 6.42 Å². The molecule has 2 N–H and O–H groups in total. The van der Waals surface area contributed by atoms with Gasteiger partial charge in [-0.2, -0.15) is 0 Å². The van der Waals surface area contributed by atoms with Crippen molar-refractivity contribution in [1.82, 2.24) is 0 Å². The summed E-state index contributed by atoms with van der Waals surface area (Å²) in [5, 5.41) is 0.642. The summed E-state index contributed by atoms with van der Waals surface area (Å²) in [7, 11) is -3.10. The molecule has 0 aromatic carbocycles. The van der Waals surface area contributed by atoms with Gasteiger partial charge in [0.2, 0.25) is 0 Å². The third-order valence-corrected chi connectivity index (χ3v) is 3.49. The molecule has 0 aromatic rings. The Bertz CT molecular complexity index is 251. The highest BCUT2D eigenvalue weighted by Crippen LogP contribution is 1.97. The van der Waals surface area contributed by atoms with E-state index in [0.717, 1.165) is 0 Å². The van der Waals surface area contributed by atoms with E-state index in [9.17, 15) is 13.2 Å². The molecule has 0 heterocycles. The van der Waals surface area contributed by atoms with Crippen LogP contribution in [0.4, 0.5) is 4.79 Å². The molecule has 0 aliphatic heterocycles. The fourth-order valence-electron chi connectivity index (χ4n) is 0.646. The number of rotatable bonds is 6. The summed E-state index contributed by atoms with van der Waals surface area (Å²) >= 11 is 3.12. The van der Waals surface area contributed by atoms with E-state index in [1.807, 2.05) is 0 Å². The summed E-state index contributed by atoms with van der Waals surface area (Å²) in [4.78, 5) is 10.1. The minimum atomic E-state index is -3.10. The van der Waals surface area contributed by atoms with Crippen LogP contribution in [0.15, 0.2) is 0 Å². The van der Waals surface area contributed by atoms with Crippen LogP contribution in [-0.2, 0) is 14.6 Å². The summed E-state index contributed by atoms with van der Waals surface area (Å²) in [5.41, 5.74) is 4.66.